The van der Waals surface area contributed by atoms with Crippen LogP contribution in [0.15, 0.2) is 42.5 Å². The van der Waals surface area contributed by atoms with Crippen molar-refractivity contribution in [2.75, 3.05) is 11.5 Å². The lowest BCUT2D eigenvalue weighted by atomic mass is 10.1. The molecule has 0 N–H and O–H groups in total. The van der Waals surface area contributed by atoms with Crippen molar-refractivity contribution < 1.29 is 19.1 Å². The molecular weight excluding hydrogens is 330 g/mol. The van der Waals surface area contributed by atoms with Gasteiger partial charge in [-0.1, -0.05) is 18.5 Å². The zero-order chi connectivity index (χ0) is 17.3. The number of carbonyl (C=O) groups excluding carboxylic acids is 3. The van der Waals surface area contributed by atoms with Crippen molar-refractivity contribution >= 4 is 35.1 Å². The first-order valence-electron chi connectivity index (χ1n) is 7.48. The smallest absolute Gasteiger partial charge is 0.338 e. The monoisotopic (exact) mass is 343 g/mol. The molecule has 0 aromatic heterocycles. The number of hydrogen-bond donors (Lipinski definition) is 0. The molecule has 2 amide bonds. The zero-order valence-corrected chi connectivity index (χ0v) is 13.7. The van der Waals surface area contributed by atoms with E-state index in [1.807, 2.05) is 6.92 Å². The van der Waals surface area contributed by atoms with Crippen LogP contribution in [0.3, 0.4) is 0 Å². The number of ether oxygens (including phenoxy) is 1. The van der Waals surface area contributed by atoms with Gasteiger partial charge in [0.15, 0.2) is 0 Å². The minimum absolute atomic E-state index is 0.195. The Labute approximate surface area is 143 Å². The van der Waals surface area contributed by atoms with E-state index in [0.29, 0.717) is 23.7 Å². The summed E-state index contributed by atoms with van der Waals surface area (Å²) in [6.07, 6.45) is 0.707. The number of imide groups is 1. The molecule has 0 bridgehead atoms. The quantitative estimate of drug-likeness (QED) is 0.627. The van der Waals surface area contributed by atoms with Crippen LogP contribution < -0.4 is 4.90 Å². The Balaban J connectivity index is 1.94. The van der Waals surface area contributed by atoms with Crippen LogP contribution in [0.25, 0.3) is 0 Å². The third kappa shape index (κ3) is 2.78. The number of rotatable bonds is 4. The second-order valence-electron chi connectivity index (χ2n) is 5.32. The molecular formula is C18H14ClNO4. The van der Waals surface area contributed by atoms with Crippen LogP contribution in [0.1, 0.15) is 44.4 Å². The van der Waals surface area contributed by atoms with Crippen LogP contribution >= 0.6 is 11.6 Å². The highest BCUT2D eigenvalue weighted by molar-refractivity contribution is 6.35. The van der Waals surface area contributed by atoms with Crippen LogP contribution in [0.2, 0.25) is 5.02 Å². The predicted octanol–water partition coefficient (Wildman–Crippen LogP) is 3.71. The van der Waals surface area contributed by atoms with E-state index in [9.17, 15) is 14.4 Å². The Kier molecular flexibility index (Phi) is 4.36. The molecule has 1 aliphatic rings. The summed E-state index contributed by atoms with van der Waals surface area (Å²) in [6.45, 7) is 2.20. The molecule has 3 rings (SSSR count). The molecule has 24 heavy (non-hydrogen) atoms. The SMILES string of the molecule is CCCOC(=O)c1ccc2c(c1)C(=O)N(c1ccc(Cl)cc1)C2=O. The van der Waals surface area contributed by atoms with Crippen molar-refractivity contribution in [3.05, 3.63) is 64.2 Å². The van der Waals surface area contributed by atoms with Crippen molar-refractivity contribution in [3.63, 3.8) is 0 Å². The number of esters is 1. The average Bonchev–Trinajstić information content (AvgIpc) is 2.84. The highest BCUT2D eigenvalue weighted by atomic mass is 35.5. The van der Waals surface area contributed by atoms with Crippen molar-refractivity contribution in [1.82, 2.24) is 0 Å². The van der Waals surface area contributed by atoms with Gasteiger partial charge in [0.2, 0.25) is 0 Å². The van der Waals surface area contributed by atoms with E-state index in [0.717, 1.165) is 4.90 Å². The molecule has 0 spiro atoms. The number of carbonyl (C=O) groups is 3. The maximum atomic E-state index is 12.6. The third-order valence-corrected chi connectivity index (χ3v) is 3.90. The van der Waals surface area contributed by atoms with Gasteiger partial charge in [-0.05, 0) is 48.9 Å². The number of amides is 2. The predicted molar refractivity (Wildman–Crippen MR) is 89.6 cm³/mol. The third-order valence-electron chi connectivity index (χ3n) is 3.64. The summed E-state index contributed by atoms with van der Waals surface area (Å²) in [5.41, 5.74) is 1.14. The molecule has 6 heteroatoms. The molecule has 1 heterocycles. The second-order valence-corrected chi connectivity index (χ2v) is 5.75. The molecule has 0 saturated heterocycles. The molecule has 0 atom stereocenters. The van der Waals surface area contributed by atoms with Crippen LogP contribution in [0, 0.1) is 0 Å². The molecule has 0 aliphatic carbocycles. The number of anilines is 1. The van der Waals surface area contributed by atoms with Gasteiger partial charge in [-0.3, -0.25) is 9.59 Å². The first kappa shape index (κ1) is 16.2. The minimum atomic E-state index is -0.509. The van der Waals surface area contributed by atoms with Crippen molar-refractivity contribution in [3.8, 4) is 0 Å². The standard InChI is InChI=1S/C18H14ClNO4/c1-2-9-24-18(23)11-3-8-14-15(10-11)17(22)20(16(14)21)13-6-4-12(19)5-7-13/h3-8,10H,2,9H2,1H3. The van der Waals surface area contributed by atoms with Gasteiger partial charge in [0.1, 0.15) is 0 Å². The van der Waals surface area contributed by atoms with Gasteiger partial charge in [0.25, 0.3) is 11.8 Å². The van der Waals surface area contributed by atoms with Crippen LogP contribution in [0.5, 0.6) is 0 Å². The van der Waals surface area contributed by atoms with Crippen molar-refractivity contribution in [1.29, 1.82) is 0 Å². The normalized spacial score (nSPS) is 13.2. The molecule has 5 nitrogen and oxygen atoms in total. The maximum Gasteiger partial charge on any atom is 0.338 e. The fourth-order valence-electron chi connectivity index (χ4n) is 2.47. The fourth-order valence-corrected chi connectivity index (χ4v) is 2.60. The number of fused-ring (bicyclic) bond motifs is 1. The molecule has 0 saturated carbocycles. The van der Waals surface area contributed by atoms with Crippen LogP contribution in [0.4, 0.5) is 5.69 Å². The van der Waals surface area contributed by atoms with Gasteiger partial charge in [0.05, 0.1) is 29.0 Å². The Morgan fingerprint density at radius 1 is 1.04 bits per heavy atom. The van der Waals surface area contributed by atoms with E-state index in [2.05, 4.69) is 0 Å². The lowest BCUT2D eigenvalue weighted by Gasteiger charge is -2.13. The first-order valence-corrected chi connectivity index (χ1v) is 7.86. The summed E-state index contributed by atoms with van der Waals surface area (Å²) in [6, 6.07) is 10.8. The molecule has 122 valence electrons. The maximum absolute atomic E-state index is 12.6. The van der Waals surface area contributed by atoms with Gasteiger partial charge >= 0.3 is 5.97 Å². The summed E-state index contributed by atoms with van der Waals surface area (Å²) < 4.78 is 5.06. The minimum Gasteiger partial charge on any atom is -0.462 e. The highest BCUT2D eigenvalue weighted by Crippen LogP contribution is 2.30. The largest absolute Gasteiger partial charge is 0.462 e. The number of halogens is 1. The Morgan fingerprint density at radius 2 is 1.71 bits per heavy atom. The van der Waals surface area contributed by atoms with Crippen molar-refractivity contribution in [2.24, 2.45) is 0 Å². The van der Waals surface area contributed by atoms with E-state index in [-0.39, 0.29) is 16.7 Å². The average molecular weight is 344 g/mol. The van der Waals surface area contributed by atoms with Crippen LogP contribution in [-0.2, 0) is 4.74 Å². The molecule has 1 aliphatic heterocycles. The summed E-state index contributed by atoms with van der Waals surface area (Å²) in [5, 5.41) is 0.510. The lowest BCUT2D eigenvalue weighted by molar-refractivity contribution is 0.0505. The number of nitrogens with zero attached hydrogens (tertiary/aromatic N) is 1. The van der Waals surface area contributed by atoms with Crippen molar-refractivity contribution in [2.45, 2.75) is 13.3 Å². The summed E-state index contributed by atoms with van der Waals surface area (Å²) in [5.74, 6) is -1.40. The Bertz CT molecular complexity index is 829. The first-order chi connectivity index (χ1) is 11.5. The van der Waals surface area contributed by atoms with E-state index >= 15 is 0 Å². The van der Waals surface area contributed by atoms with E-state index < -0.39 is 17.8 Å². The molecule has 2 aromatic rings. The van der Waals surface area contributed by atoms with E-state index in [4.69, 9.17) is 16.3 Å². The summed E-state index contributed by atoms with van der Waals surface area (Å²) >= 11 is 5.84. The summed E-state index contributed by atoms with van der Waals surface area (Å²) in [7, 11) is 0. The van der Waals surface area contributed by atoms with E-state index in [1.54, 1.807) is 24.3 Å². The molecule has 2 aromatic carbocycles. The van der Waals surface area contributed by atoms with Gasteiger partial charge in [0, 0.05) is 5.02 Å². The van der Waals surface area contributed by atoms with Gasteiger partial charge in [-0.15, -0.1) is 0 Å². The lowest BCUT2D eigenvalue weighted by Crippen LogP contribution is -2.29. The zero-order valence-electron chi connectivity index (χ0n) is 12.9. The number of benzene rings is 2. The molecule has 0 radical (unpaired) electrons. The summed E-state index contributed by atoms with van der Waals surface area (Å²) in [4.78, 5) is 38.1. The Hall–Kier alpha value is -2.66. The molecule has 0 fully saturated rings. The van der Waals surface area contributed by atoms with Crippen LogP contribution in [-0.4, -0.2) is 24.4 Å². The number of hydrogen-bond acceptors (Lipinski definition) is 4. The topological polar surface area (TPSA) is 63.7 Å². The highest BCUT2D eigenvalue weighted by Gasteiger charge is 2.37. The van der Waals surface area contributed by atoms with Gasteiger partial charge < -0.3 is 4.74 Å². The van der Waals surface area contributed by atoms with E-state index in [1.165, 1.54) is 18.2 Å². The Morgan fingerprint density at radius 3 is 2.38 bits per heavy atom. The molecule has 0 unspecified atom stereocenters. The second kappa shape index (κ2) is 6.45. The van der Waals surface area contributed by atoms with Gasteiger partial charge in [-0.2, -0.15) is 0 Å². The van der Waals surface area contributed by atoms with Gasteiger partial charge in [-0.25, -0.2) is 9.69 Å². The fraction of sp³-hybridized carbons (Fsp3) is 0.167.